The summed E-state index contributed by atoms with van der Waals surface area (Å²) in [5, 5.41) is 2.33. The summed E-state index contributed by atoms with van der Waals surface area (Å²) in [4.78, 5) is 48.0. The van der Waals surface area contributed by atoms with Gasteiger partial charge >= 0.3 is 18.0 Å². The fourth-order valence-corrected chi connectivity index (χ4v) is 2.20. The van der Waals surface area contributed by atoms with E-state index in [0.29, 0.717) is 0 Å². The second-order valence-electron chi connectivity index (χ2n) is 7.83. The fraction of sp³-hybridized carbons (Fsp3) is 0.500. The Balaban J connectivity index is 2.56. The van der Waals surface area contributed by atoms with Gasteiger partial charge in [-0.05, 0) is 38.7 Å². The topological polar surface area (TPSA) is 123 Å². The Bertz CT molecular complexity index is 713. The van der Waals surface area contributed by atoms with Crippen molar-refractivity contribution in [3.8, 4) is 0 Å². The lowest BCUT2D eigenvalue weighted by atomic mass is 10.0. The van der Waals surface area contributed by atoms with Crippen LogP contribution in [0.4, 0.5) is 4.79 Å². The van der Waals surface area contributed by atoms with Gasteiger partial charge in [0.05, 0.1) is 0 Å². The Hall–Kier alpha value is -3.10. The Morgan fingerprint density at radius 1 is 1.00 bits per heavy atom. The number of hydrazine groups is 1. The van der Waals surface area contributed by atoms with Crippen molar-refractivity contribution in [2.24, 2.45) is 5.92 Å². The number of hydrogen-bond acceptors (Lipinski definition) is 6. The third kappa shape index (κ3) is 10.1. The van der Waals surface area contributed by atoms with Crippen molar-refractivity contribution < 1.29 is 28.7 Å². The molecule has 1 atom stereocenters. The summed E-state index contributed by atoms with van der Waals surface area (Å²) < 4.78 is 9.97. The number of carbonyl (C=O) groups is 4. The van der Waals surface area contributed by atoms with Crippen LogP contribution in [0.3, 0.4) is 0 Å². The van der Waals surface area contributed by atoms with Crippen molar-refractivity contribution in [3.63, 3.8) is 0 Å². The molecule has 160 valence electrons. The van der Waals surface area contributed by atoms with Gasteiger partial charge in [0.1, 0.15) is 18.2 Å². The molecule has 0 aliphatic carbocycles. The Morgan fingerprint density at radius 2 is 1.62 bits per heavy atom. The summed E-state index contributed by atoms with van der Waals surface area (Å²) in [7, 11) is 0. The average molecular weight is 407 g/mol. The molecule has 1 aromatic carbocycles. The Morgan fingerprint density at radius 3 is 2.17 bits per heavy atom. The molecule has 0 radical (unpaired) electrons. The van der Waals surface area contributed by atoms with Gasteiger partial charge in [-0.2, -0.15) is 0 Å². The Labute approximate surface area is 170 Å². The second kappa shape index (κ2) is 11.0. The molecule has 0 bridgehead atoms. The number of nitrogens with one attached hydrogen (secondary N) is 3. The van der Waals surface area contributed by atoms with E-state index in [1.165, 1.54) is 0 Å². The summed E-state index contributed by atoms with van der Waals surface area (Å²) >= 11 is 0. The predicted molar refractivity (Wildman–Crippen MR) is 105 cm³/mol. The second-order valence-corrected chi connectivity index (χ2v) is 7.83. The summed E-state index contributed by atoms with van der Waals surface area (Å²) in [5.74, 6) is -2.77. The standard InChI is InChI=1S/C20H29N3O6/c1-13(2)11-15(21-17(25)18(26)29-20(3,4)5)16(24)22-23-19(27)28-12-14-9-7-6-8-10-14/h6-10,13,15H,11-12H2,1-5H3,(H,21,25)(H,22,24)(H,23,27)/t15-/m0/s1. The van der Waals surface area contributed by atoms with Gasteiger partial charge in [-0.1, -0.05) is 44.2 Å². The lowest BCUT2D eigenvalue weighted by molar-refractivity contribution is -0.163. The first-order valence-corrected chi connectivity index (χ1v) is 9.28. The van der Waals surface area contributed by atoms with Crippen LogP contribution in [0.5, 0.6) is 0 Å². The van der Waals surface area contributed by atoms with Crippen LogP contribution in [0, 0.1) is 5.92 Å². The monoisotopic (exact) mass is 407 g/mol. The van der Waals surface area contributed by atoms with E-state index in [1.807, 2.05) is 32.0 Å². The van der Waals surface area contributed by atoms with E-state index in [-0.39, 0.29) is 18.9 Å². The maximum Gasteiger partial charge on any atom is 0.426 e. The zero-order chi connectivity index (χ0) is 22.0. The van der Waals surface area contributed by atoms with E-state index in [4.69, 9.17) is 9.47 Å². The fourth-order valence-electron chi connectivity index (χ4n) is 2.20. The van der Waals surface area contributed by atoms with E-state index < -0.39 is 35.5 Å². The SMILES string of the molecule is CC(C)C[C@H](NC(=O)C(=O)OC(C)(C)C)C(=O)NNC(=O)OCc1ccccc1. The summed E-state index contributed by atoms with van der Waals surface area (Å²) in [6, 6.07) is 7.99. The van der Waals surface area contributed by atoms with Crippen LogP contribution in [0.25, 0.3) is 0 Å². The van der Waals surface area contributed by atoms with Crippen molar-refractivity contribution in [3.05, 3.63) is 35.9 Å². The Kier molecular flexibility index (Phi) is 9.11. The van der Waals surface area contributed by atoms with Crippen LogP contribution in [0.1, 0.15) is 46.6 Å². The van der Waals surface area contributed by atoms with Crippen molar-refractivity contribution in [1.82, 2.24) is 16.2 Å². The average Bonchev–Trinajstić information content (AvgIpc) is 2.62. The van der Waals surface area contributed by atoms with Gasteiger partial charge in [0.25, 0.3) is 5.91 Å². The van der Waals surface area contributed by atoms with Crippen molar-refractivity contribution in [2.75, 3.05) is 0 Å². The van der Waals surface area contributed by atoms with Gasteiger partial charge in [0, 0.05) is 0 Å². The molecule has 3 amide bonds. The summed E-state index contributed by atoms with van der Waals surface area (Å²) in [5.41, 5.74) is 4.25. The lowest BCUT2D eigenvalue weighted by Gasteiger charge is -2.22. The number of benzene rings is 1. The molecule has 1 aromatic rings. The first kappa shape index (κ1) is 23.9. The molecule has 0 aliphatic heterocycles. The largest absolute Gasteiger partial charge is 0.453 e. The van der Waals surface area contributed by atoms with Crippen molar-refractivity contribution in [1.29, 1.82) is 0 Å². The summed E-state index contributed by atoms with van der Waals surface area (Å²) in [6.07, 6.45) is -0.606. The molecule has 9 heteroatoms. The number of ether oxygens (including phenoxy) is 2. The third-order valence-corrected chi connectivity index (χ3v) is 3.41. The van der Waals surface area contributed by atoms with Gasteiger partial charge in [-0.25, -0.2) is 15.0 Å². The van der Waals surface area contributed by atoms with Crippen molar-refractivity contribution >= 4 is 23.9 Å². The molecular weight excluding hydrogens is 378 g/mol. The van der Waals surface area contributed by atoms with E-state index in [2.05, 4.69) is 16.2 Å². The molecule has 9 nitrogen and oxygen atoms in total. The van der Waals surface area contributed by atoms with E-state index in [9.17, 15) is 19.2 Å². The van der Waals surface area contributed by atoms with E-state index in [0.717, 1.165) is 5.56 Å². The zero-order valence-electron chi connectivity index (χ0n) is 17.4. The first-order valence-electron chi connectivity index (χ1n) is 9.28. The van der Waals surface area contributed by atoms with Crippen LogP contribution in [0.2, 0.25) is 0 Å². The molecule has 3 N–H and O–H groups in total. The highest BCUT2D eigenvalue weighted by Gasteiger charge is 2.28. The highest BCUT2D eigenvalue weighted by atomic mass is 16.6. The smallest absolute Gasteiger partial charge is 0.426 e. The number of hydrogen-bond donors (Lipinski definition) is 3. The maximum atomic E-state index is 12.4. The van der Waals surface area contributed by atoms with E-state index >= 15 is 0 Å². The molecule has 0 fully saturated rings. The number of rotatable bonds is 6. The minimum atomic E-state index is -1.09. The van der Waals surface area contributed by atoms with Crippen LogP contribution in [0.15, 0.2) is 30.3 Å². The molecule has 0 aromatic heterocycles. The molecule has 0 saturated carbocycles. The number of esters is 1. The van der Waals surface area contributed by atoms with E-state index in [1.54, 1.807) is 32.9 Å². The van der Waals surface area contributed by atoms with Gasteiger partial charge < -0.3 is 14.8 Å². The summed E-state index contributed by atoms with van der Waals surface area (Å²) in [6.45, 7) is 8.61. The van der Waals surface area contributed by atoms with Gasteiger partial charge in [-0.3, -0.25) is 15.0 Å². The molecule has 0 heterocycles. The number of amides is 3. The molecular formula is C20H29N3O6. The van der Waals surface area contributed by atoms with Crippen LogP contribution >= 0.6 is 0 Å². The minimum absolute atomic E-state index is 0.0351. The molecule has 0 spiro atoms. The number of carbonyl (C=O) groups excluding carboxylic acids is 4. The lowest BCUT2D eigenvalue weighted by Crippen LogP contribution is -2.54. The quantitative estimate of drug-likeness (QED) is 0.376. The zero-order valence-corrected chi connectivity index (χ0v) is 17.4. The van der Waals surface area contributed by atoms with Crippen LogP contribution < -0.4 is 16.2 Å². The van der Waals surface area contributed by atoms with Crippen molar-refractivity contribution in [2.45, 2.75) is 59.3 Å². The predicted octanol–water partition coefficient (Wildman–Crippen LogP) is 1.82. The maximum absolute atomic E-state index is 12.4. The normalized spacial score (nSPS) is 11.9. The first-order chi connectivity index (χ1) is 13.5. The molecule has 29 heavy (non-hydrogen) atoms. The highest BCUT2D eigenvalue weighted by molar-refractivity contribution is 6.33. The van der Waals surface area contributed by atoms with Gasteiger partial charge in [-0.15, -0.1) is 0 Å². The molecule has 1 rings (SSSR count). The third-order valence-electron chi connectivity index (χ3n) is 3.41. The molecule has 0 saturated heterocycles. The minimum Gasteiger partial charge on any atom is -0.453 e. The van der Waals surface area contributed by atoms with Gasteiger partial charge in [0.15, 0.2) is 0 Å². The van der Waals surface area contributed by atoms with Crippen LogP contribution in [-0.4, -0.2) is 35.5 Å². The molecule has 0 unspecified atom stereocenters. The highest BCUT2D eigenvalue weighted by Crippen LogP contribution is 2.08. The molecule has 0 aliphatic rings. The van der Waals surface area contributed by atoms with Gasteiger partial charge in [0.2, 0.25) is 0 Å². The van der Waals surface area contributed by atoms with Crippen LogP contribution in [-0.2, 0) is 30.5 Å².